The lowest BCUT2D eigenvalue weighted by Gasteiger charge is -2.05. The first-order valence-electron chi connectivity index (χ1n) is 5.38. The topological polar surface area (TPSA) is 22.0 Å². The molecule has 0 atom stereocenters. The van der Waals surface area contributed by atoms with E-state index in [1.165, 1.54) is 5.52 Å². The van der Waals surface area contributed by atoms with Crippen LogP contribution in [-0.2, 0) is 13.0 Å². The Bertz CT molecular complexity index is 496. The van der Waals surface area contributed by atoms with Crippen molar-refractivity contribution in [2.45, 2.75) is 26.8 Å². The third-order valence-corrected chi connectivity index (χ3v) is 2.89. The summed E-state index contributed by atoms with van der Waals surface area (Å²) >= 11 is 0. The van der Waals surface area contributed by atoms with Gasteiger partial charge in [0.15, 0.2) is 6.29 Å². The first-order chi connectivity index (χ1) is 7.33. The summed E-state index contributed by atoms with van der Waals surface area (Å²) in [7, 11) is 0. The summed E-state index contributed by atoms with van der Waals surface area (Å²) < 4.78 is 2.22. The minimum absolute atomic E-state index is 0.856. The summed E-state index contributed by atoms with van der Waals surface area (Å²) in [5, 5.41) is 1.08. The van der Waals surface area contributed by atoms with E-state index in [1.807, 2.05) is 18.2 Å². The number of hydrogen-bond donors (Lipinski definition) is 0. The molecule has 2 heteroatoms. The van der Waals surface area contributed by atoms with Crippen LogP contribution in [0.1, 0.15) is 29.9 Å². The minimum Gasteiger partial charge on any atom is -0.344 e. The molecule has 0 fully saturated rings. The number of carbonyl (C=O) groups is 1. The van der Waals surface area contributed by atoms with Gasteiger partial charge in [0, 0.05) is 28.7 Å². The molecule has 0 N–H and O–H groups in total. The Balaban J connectivity index is 2.88. The Morgan fingerprint density at radius 3 is 2.60 bits per heavy atom. The number of benzene rings is 1. The number of rotatable bonds is 3. The van der Waals surface area contributed by atoms with Crippen molar-refractivity contribution in [1.29, 1.82) is 0 Å². The van der Waals surface area contributed by atoms with E-state index in [0.717, 1.165) is 35.9 Å². The minimum atomic E-state index is 0.856. The molecule has 0 aliphatic heterocycles. The molecular formula is C13H15NO. The lowest BCUT2D eigenvalue weighted by atomic mass is 10.1. The second-order valence-electron chi connectivity index (χ2n) is 3.59. The molecule has 0 radical (unpaired) electrons. The predicted octanol–water partition coefficient (Wildman–Crippen LogP) is 3.04. The summed E-state index contributed by atoms with van der Waals surface area (Å²) in [6, 6.07) is 8.09. The van der Waals surface area contributed by atoms with Gasteiger partial charge in [-0.1, -0.05) is 25.1 Å². The molecule has 0 aliphatic carbocycles. The molecule has 15 heavy (non-hydrogen) atoms. The van der Waals surface area contributed by atoms with Gasteiger partial charge in [-0.2, -0.15) is 0 Å². The van der Waals surface area contributed by atoms with Crippen LogP contribution in [0.25, 0.3) is 10.9 Å². The van der Waals surface area contributed by atoms with E-state index in [-0.39, 0.29) is 0 Å². The van der Waals surface area contributed by atoms with Crippen LogP contribution in [-0.4, -0.2) is 10.9 Å². The van der Waals surface area contributed by atoms with Crippen molar-refractivity contribution in [3.05, 3.63) is 35.5 Å². The van der Waals surface area contributed by atoms with Gasteiger partial charge in [0.2, 0.25) is 0 Å². The Hall–Kier alpha value is -1.57. The van der Waals surface area contributed by atoms with Crippen LogP contribution >= 0.6 is 0 Å². The first-order valence-corrected chi connectivity index (χ1v) is 5.38. The number of hydrogen-bond acceptors (Lipinski definition) is 1. The fraction of sp³-hybridized carbons (Fsp3) is 0.308. The van der Waals surface area contributed by atoms with Gasteiger partial charge in [0.1, 0.15) is 0 Å². The monoisotopic (exact) mass is 201 g/mol. The van der Waals surface area contributed by atoms with Crippen LogP contribution in [0, 0.1) is 0 Å². The summed E-state index contributed by atoms with van der Waals surface area (Å²) in [6.45, 7) is 5.12. The van der Waals surface area contributed by atoms with Crippen molar-refractivity contribution in [2.75, 3.05) is 0 Å². The molecule has 2 aromatic rings. The van der Waals surface area contributed by atoms with Gasteiger partial charge in [-0.15, -0.1) is 0 Å². The highest BCUT2D eigenvalue weighted by molar-refractivity contribution is 5.99. The highest BCUT2D eigenvalue weighted by Gasteiger charge is 2.13. The maximum absolute atomic E-state index is 11.1. The smallest absolute Gasteiger partial charge is 0.152 e. The van der Waals surface area contributed by atoms with Crippen molar-refractivity contribution in [1.82, 2.24) is 4.57 Å². The lowest BCUT2D eigenvalue weighted by molar-refractivity contribution is 0.112. The summed E-state index contributed by atoms with van der Waals surface area (Å²) in [4.78, 5) is 11.1. The van der Waals surface area contributed by atoms with Crippen molar-refractivity contribution < 1.29 is 4.79 Å². The normalized spacial score (nSPS) is 10.8. The van der Waals surface area contributed by atoms with Gasteiger partial charge in [-0.3, -0.25) is 4.79 Å². The van der Waals surface area contributed by atoms with E-state index in [2.05, 4.69) is 24.5 Å². The summed E-state index contributed by atoms with van der Waals surface area (Å²) in [5.41, 5.74) is 3.17. The molecule has 0 aliphatic rings. The molecule has 0 saturated heterocycles. The zero-order valence-corrected chi connectivity index (χ0v) is 9.16. The highest BCUT2D eigenvalue weighted by Crippen LogP contribution is 2.25. The average molecular weight is 201 g/mol. The fourth-order valence-electron chi connectivity index (χ4n) is 2.26. The molecule has 0 bridgehead atoms. The lowest BCUT2D eigenvalue weighted by Crippen LogP contribution is -2.00. The van der Waals surface area contributed by atoms with E-state index in [1.54, 1.807) is 0 Å². The van der Waals surface area contributed by atoms with Gasteiger partial charge < -0.3 is 4.57 Å². The van der Waals surface area contributed by atoms with E-state index in [0.29, 0.717) is 0 Å². The Morgan fingerprint density at radius 2 is 2.00 bits per heavy atom. The van der Waals surface area contributed by atoms with Gasteiger partial charge in [-0.05, 0) is 19.4 Å². The number of fused-ring (bicyclic) bond motifs is 1. The second-order valence-corrected chi connectivity index (χ2v) is 3.59. The van der Waals surface area contributed by atoms with Crippen LogP contribution in [0.2, 0.25) is 0 Å². The zero-order valence-electron chi connectivity index (χ0n) is 9.16. The van der Waals surface area contributed by atoms with Gasteiger partial charge >= 0.3 is 0 Å². The molecule has 0 spiro atoms. The molecule has 1 aromatic carbocycles. The maximum Gasteiger partial charge on any atom is 0.152 e. The van der Waals surface area contributed by atoms with Crippen LogP contribution in [0.3, 0.4) is 0 Å². The Morgan fingerprint density at radius 1 is 1.27 bits per heavy atom. The molecule has 0 unspecified atom stereocenters. The third kappa shape index (κ3) is 1.37. The molecule has 1 aromatic heterocycles. The predicted molar refractivity (Wildman–Crippen MR) is 62.4 cm³/mol. The molecule has 2 rings (SSSR count). The number of carbonyl (C=O) groups excluding carboxylic acids is 1. The van der Waals surface area contributed by atoms with Crippen LogP contribution in [0.4, 0.5) is 0 Å². The number of aldehydes is 1. The van der Waals surface area contributed by atoms with Crippen molar-refractivity contribution in [2.24, 2.45) is 0 Å². The van der Waals surface area contributed by atoms with Crippen LogP contribution in [0.15, 0.2) is 24.3 Å². The van der Waals surface area contributed by atoms with E-state index in [4.69, 9.17) is 0 Å². The van der Waals surface area contributed by atoms with Crippen molar-refractivity contribution in [3.8, 4) is 0 Å². The standard InChI is InChI=1S/C13H15NO/c1-3-12-11(9-15)10-7-5-6-8-13(10)14(12)4-2/h5-9H,3-4H2,1-2H3. The molecule has 2 nitrogen and oxygen atoms in total. The van der Waals surface area contributed by atoms with Gasteiger partial charge in [0.25, 0.3) is 0 Å². The average Bonchev–Trinajstić information content (AvgIpc) is 2.61. The van der Waals surface area contributed by atoms with E-state index < -0.39 is 0 Å². The van der Waals surface area contributed by atoms with Crippen LogP contribution in [0.5, 0.6) is 0 Å². The Labute approximate surface area is 89.5 Å². The number of para-hydroxylation sites is 1. The van der Waals surface area contributed by atoms with E-state index >= 15 is 0 Å². The quantitative estimate of drug-likeness (QED) is 0.699. The SMILES string of the molecule is CCc1c(C=O)c2ccccc2n1CC. The summed E-state index contributed by atoms with van der Waals surface area (Å²) in [6.07, 6.45) is 1.88. The number of aromatic nitrogens is 1. The molecular weight excluding hydrogens is 186 g/mol. The Kier molecular flexibility index (Phi) is 2.58. The maximum atomic E-state index is 11.1. The largest absolute Gasteiger partial charge is 0.344 e. The number of aryl methyl sites for hydroxylation is 1. The van der Waals surface area contributed by atoms with Crippen LogP contribution < -0.4 is 0 Å². The second kappa shape index (κ2) is 3.89. The number of nitrogens with zero attached hydrogens (tertiary/aromatic N) is 1. The first kappa shape index (κ1) is 9.97. The van der Waals surface area contributed by atoms with Crippen molar-refractivity contribution in [3.63, 3.8) is 0 Å². The zero-order chi connectivity index (χ0) is 10.8. The molecule has 1 heterocycles. The fourth-order valence-corrected chi connectivity index (χ4v) is 2.26. The molecule has 0 saturated carbocycles. The van der Waals surface area contributed by atoms with Gasteiger partial charge in [0.05, 0.1) is 0 Å². The third-order valence-electron chi connectivity index (χ3n) is 2.89. The summed E-state index contributed by atoms with van der Waals surface area (Å²) in [5.74, 6) is 0. The van der Waals surface area contributed by atoms with Gasteiger partial charge in [-0.25, -0.2) is 0 Å². The van der Waals surface area contributed by atoms with E-state index in [9.17, 15) is 4.79 Å². The molecule has 78 valence electrons. The highest BCUT2D eigenvalue weighted by atomic mass is 16.1. The van der Waals surface area contributed by atoms with Crippen molar-refractivity contribution >= 4 is 17.2 Å². The molecule has 0 amide bonds.